The third kappa shape index (κ3) is 4.10. The van der Waals surface area contributed by atoms with Crippen LogP contribution < -0.4 is 5.32 Å². The summed E-state index contributed by atoms with van der Waals surface area (Å²) in [6.07, 6.45) is 3.87. The fraction of sp³-hybridized carbons (Fsp3) is 0.438. The summed E-state index contributed by atoms with van der Waals surface area (Å²) in [6.45, 7) is 6.52. The number of hydrogen-bond donors (Lipinski definition) is 1. The molecule has 20 heavy (non-hydrogen) atoms. The summed E-state index contributed by atoms with van der Waals surface area (Å²) in [6, 6.07) is 10.1. The van der Waals surface area contributed by atoms with Gasteiger partial charge in [0.15, 0.2) is 0 Å². The molecule has 108 valence electrons. The molecule has 0 amide bonds. The Labute approximate surface area is 121 Å². The molecule has 0 unspecified atom stereocenters. The molecular weight excluding hydrogens is 248 g/mol. The van der Waals surface area contributed by atoms with E-state index in [2.05, 4.69) is 47.7 Å². The zero-order chi connectivity index (χ0) is 14.6. The number of benzene rings is 1. The predicted molar refractivity (Wildman–Crippen MR) is 84.3 cm³/mol. The van der Waals surface area contributed by atoms with Crippen molar-refractivity contribution < 1.29 is 0 Å². The third-order valence-electron chi connectivity index (χ3n) is 3.09. The highest BCUT2D eigenvalue weighted by molar-refractivity contribution is 5.53. The van der Waals surface area contributed by atoms with Gasteiger partial charge in [-0.15, -0.1) is 0 Å². The molecule has 1 N–H and O–H groups in total. The molecule has 0 saturated carbocycles. The highest BCUT2D eigenvalue weighted by Gasteiger charge is 2.20. The smallest absolute Gasteiger partial charge is 0.207 e. The minimum absolute atomic E-state index is 0.192. The fourth-order valence-electron chi connectivity index (χ4n) is 2.58. The first-order valence-corrected chi connectivity index (χ1v) is 6.94. The summed E-state index contributed by atoms with van der Waals surface area (Å²) >= 11 is 0. The van der Waals surface area contributed by atoms with Crippen LogP contribution in [0, 0.1) is 5.41 Å². The summed E-state index contributed by atoms with van der Waals surface area (Å²) < 4.78 is 2.18. The van der Waals surface area contributed by atoms with Crippen LogP contribution in [0.15, 0.2) is 42.7 Å². The van der Waals surface area contributed by atoms with Crippen molar-refractivity contribution in [1.29, 1.82) is 0 Å². The minimum atomic E-state index is 0.192. The van der Waals surface area contributed by atoms with Gasteiger partial charge < -0.3 is 14.8 Å². The maximum absolute atomic E-state index is 4.41. The Balaban J connectivity index is 2.09. The van der Waals surface area contributed by atoms with Gasteiger partial charge in [-0.3, -0.25) is 0 Å². The summed E-state index contributed by atoms with van der Waals surface area (Å²) in [7, 11) is 4.22. The van der Waals surface area contributed by atoms with E-state index in [1.54, 1.807) is 0 Å². The molecule has 0 radical (unpaired) electrons. The van der Waals surface area contributed by atoms with E-state index >= 15 is 0 Å². The van der Waals surface area contributed by atoms with Gasteiger partial charge in [0, 0.05) is 31.2 Å². The van der Waals surface area contributed by atoms with Crippen molar-refractivity contribution >= 4 is 11.6 Å². The average molecular weight is 272 g/mol. The van der Waals surface area contributed by atoms with E-state index in [0.717, 1.165) is 24.7 Å². The molecular formula is C16H24N4. The Morgan fingerprint density at radius 1 is 1.20 bits per heavy atom. The maximum atomic E-state index is 4.41. The van der Waals surface area contributed by atoms with Crippen molar-refractivity contribution in [3.8, 4) is 0 Å². The second-order valence-electron chi connectivity index (χ2n) is 6.27. The standard InChI is InChI=1S/C16H24N4/c1-16(2,12-19(3)4)13-20-11-10-17-15(20)18-14-8-6-5-7-9-14/h5-11H,12-13H2,1-4H3,(H,17,18). The molecule has 1 aromatic carbocycles. The topological polar surface area (TPSA) is 33.1 Å². The molecule has 1 heterocycles. The molecule has 0 bridgehead atoms. The second kappa shape index (κ2) is 6.09. The van der Waals surface area contributed by atoms with Crippen LogP contribution in [-0.2, 0) is 6.54 Å². The molecule has 1 aromatic heterocycles. The van der Waals surface area contributed by atoms with Crippen LogP contribution in [0.1, 0.15) is 13.8 Å². The molecule has 2 aromatic rings. The Morgan fingerprint density at radius 3 is 2.55 bits per heavy atom. The molecule has 0 atom stereocenters. The highest BCUT2D eigenvalue weighted by atomic mass is 15.2. The van der Waals surface area contributed by atoms with Gasteiger partial charge in [-0.2, -0.15) is 0 Å². The Kier molecular flexibility index (Phi) is 4.45. The summed E-state index contributed by atoms with van der Waals surface area (Å²) in [5.41, 5.74) is 1.25. The molecule has 0 fully saturated rings. The predicted octanol–water partition coefficient (Wildman–Crippen LogP) is 3.21. The number of hydrogen-bond acceptors (Lipinski definition) is 3. The van der Waals surface area contributed by atoms with Gasteiger partial charge in [-0.1, -0.05) is 32.0 Å². The number of para-hydroxylation sites is 1. The lowest BCUT2D eigenvalue weighted by Crippen LogP contribution is -2.32. The first-order valence-electron chi connectivity index (χ1n) is 6.94. The van der Waals surface area contributed by atoms with Gasteiger partial charge >= 0.3 is 0 Å². The molecule has 2 rings (SSSR count). The Morgan fingerprint density at radius 2 is 1.90 bits per heavy atom. The van der Waals surface area contributed by atoms with Crippen molar-refractivity contribution in [3.63, 3.8) is 0 Å². The molecule has 0 aliphatic rings. The quantitative estimate of drug-likeness (QED) is 0.876. The maximum Gasteiger partial charge on any atom is 0.207 e. The average Bonchev–Trinajstić information content (AvgIpc) is 2.75. The van der Waals surface area contributed by atoms with E-state index in [4.69, 9.17) is 0 Å². The van der Waals surface area contributed by atoms with Gasteiger partial charge in [-0.25, -0.2) is 4.98 Å². The lowest BCUT2D eigenvalue weighted by atomic mass is 9.93. The number of nitrogens with zero attached hydrogens (tertiary/aromatic N) is 3. The van der Waals surface area contributed by atoms with E-state index < -0.39 is 0 Å². The van der Waals surface area contributed by atoms with Crippen LogP contribution in [0.2, 0.25) is 0 Å². The number of rotatable bonds is 6. The van der Waals surface area contributed by atoms with Gasteiger partial charge in [0.2, 0.25) is 5.95 Å². The van der Waals surface area contributed by atoms with Crippen LogP contribution in [0.5, 0.6) is 0 Å². The zero-order valence-corrected chi connectivity index (χ0v) is 12.8. The van der Waals surface area contributed by atoms with Crippen LogP contribution in [-0.4, -0.2) is 35.1 Å². The number of aromatic nitrogens is 2. The number of imidazole rings is 1. The van der Waals surface area contributed by atoms with Crippen molar-refractivity contribution in [3.05, 3.63) is 42.7 Å². The molecule has 4 heteroatoms. The van der Waals surface area contributed by atoms with E-state index in [1.165, 1.54) is 0 Å². The van der Waals surface area contributed by atoms with E-state index in [0.29, 0.717) is 0 Å². The zero-order valence-electron chi connectivity index (χ0n) is 12.8. The van der Waals surface area contributed by atoms with Crippen molar-refractivity contribution in [2.75, 3.05) is 26.0 Å². The van der Waals surface area contributed by atoms with Gasteiger partial charge in [0.1, 0.15) is 0 Å². The van der Waals surface area contributed by atoms with Crippen molar-refractivity contribution in [2.45, 2.75) is 20.4 Å². The number of nitrogens with one attached hydrogen (secondary N) is 1. The van der Waals surface area contributed by atoms with E-state index in [1.807, 2.05) is 42.7 Å². The highest BCUT2D eigenvalue weighted by Crippen LogP contribution is 2.22. The molecule has 0 saturated heterocycles. The monoisotopic (exact) mass is 272 g/mol. The fourth-order valence-corrected chi connectivity index (χ4v) is 2.58. The Hall–Kier alpha value is -1.81. The van der Waals surface area contributed by atoms with Crippen LogP contribution >= 0.6 is 0 Å². The van der Waals surface area contributed by atoms with E-state index in [9.17, 15) is 0 Å². The van der Waals surface area contributed by atoms with Gasteiger partial charge in [0.05, 0.1) is 0 Å². The number of anilines is 2. The summed E-state index contributed by atoms with van der Waals surface area (Å²) in [5, 5.41) is 3.37. The van der Waals surface area contributed by atoms with Crippen molar-refractivity contribution in [2.24, 2.45) is 5.41 Å². The van der Waals surface area contributed by atoms with Crippen LogP contribution in [0.3, 0.4) is 0 Å². The van der Waals surface area contributed by atoms with Crippen LogP contribution in [0.25, 0.3) is 0 Å². The molecule has 4 nitrogen and oxygen atoms in total. The summed E-state index contributed by atoms with van der Waals surface area (Å²) in [5.74, 6) is 0.892. The second-order valence-corrected chi connectivity index (χ2v) is 6.27. The minimum Gasteiger partial charge on any atom is -0.326 e. The van der Waals surface area contributed by atoms with Crippen LogP contribution in [0.4, 0.5) is 11.6 Å². The normalized spacial score (nSPS) is 11.8. The third-order valence-corrected chi connectivity index (χ3v) is 3.09. The lowest BCUT2D eigenvalue weighted by Gasteiger charge is -2.29. The lowest BCUT2D eigenvalue weighted by molar-refractivity contribution is 0.212. The summed E-state index contributed by atoms with van der Waals surface area (Å²) in [4.78, 5) is 6.64. The first kappa shape index (κ1) is 14.6. The molecule has 0 aliphatic carbocycles. The molecule has 0 spiro atoms. The van der Waals surface area contributed by atoms with E-state index in [-0.39, 0.29) is 5.41 Å². The van der Waals surface area contributed by atoms with Crippen molar-refractivity contribution in [1.82, 2.24) is 14.5 Å². The molecule has 0 aliphatic heterocycles. The largest absolute Gasteiger partial charge is 0.326 e. The van der Waals surface area contributed by atoms with Gasteiger partial charge in [-0.05, 0) is 31.6 Å². The first-order chi connectivity index (χ1) is 9.46. The SMILES string of the molecule is CN(C)CC(C)(C)Cn1ccnc1Nc1ccccc1. The Bertz CT molecular complexity index is 528. The van der Waals surface area contributed by atoms with Gasteiger partial charge in [0.25, 0.3) is 0 Å².